The highest BCUT2D eigenvalue weighted by Gasteiger charge is 2.35. The van der Waals surface area contributed by atoms with Crippen molar-refractivity contribution < 1.29 is 9.59 Å². The van der Waals surface area contributed by atoms with Gasteiger partial charge in [0.1, 0.15) is 23.8 Å². The summed E-state index contributed by atoms with van der Waals surface area (Å²) in [6.07, 6.45) is 5.35. The molecule has 1 atom stereocenters. The van der Waals surface area contributed by atoms with Gasteiger partial charge in [-0.05, 0) is 55.5 Å². The van der Waals surface area contributed by atoms with Crippen LogP contribution in [0.3, 0.4) is 0 Å². The first-order chi connectivity index (χ1) is 16.9. The second-order valence-corrected chi connectivity index (χ2v) is 8.64. The number of aryl methyl sites for hydroxylation is 1. The van der Waals surface area contributed by atoms with Crippen LogP contribution < -0.4 is 15.5 Å². The first-order valence-electron chi connectivity index (χ1n) is 11.0. The van der Waals surface area contributed by atoms with Crippen LogP contribution >= 0.6 is 11.6 Å². The van der Waals surface area contributed by atoms with Crippen molar-refractivity contribution in [2.45, 2.75) is 13.3 Å². The Bertz CT molecular complexity index is 1360. The summed E-state index contributed by atoms with van der Waals surface area (Å²) in [4.78, 5) is 39.8. The van der Waals surface area contributed by atoms with Crippen molar-refractivity contribution >= 4 is 46.3 Å². The maximum atomic E-state index is 12.8. The van der Waals surface area contributed by atoms with Crippen LogP contribution in [0, 0.1) is 12.8 Å². The van der Waals surface area contributed by atoms with Crippen LogP contribution in [0.15, 0.2) is 73.3 Å². The lowest BCUT2D eigenvalue weighted by molar-refractivity contribution is -0.122. The molecule has 176 valence electrons. The summed E-state index contributed by atoms with van der Waals surface area (Å²) in [6.45, 7) is 2.16. The lowest BCUT2D eigenvalue weighted by atomic mass is 10.1. The Hall–Kier alpha value is -4.24. The average molecular weight is 488 g/mol. The molecule has 2 aromatic heterocycles. The van der Waals surface area contributed by atoms with Crippen molar-refractivity contribution in [2.75, 3.05) is 22.1 Å². The van der Waals surface area contributed by atoms with E-state index in [1.807, 2.05) is 31.3 Å². The molecule has 5 rings (SSSR count). The molecule has 2 N–H and O–H groups in total. The van der Waals surface area contributed by atoms with E-state index in [-0.39, 0.29) is 18.2 Å². The Kier molecular flexibility index (Phi) is 6.15. The van der Waals surface area contributed by atoms with Gasteiger partial charge in [-0.1, -0.05) is 11.6 Å². The highest BCUT2D eigenvalue weighted by atomic mass is 35.5. The number of nitrogens with zero attached hydrogens (tertiary/aromatic N) is 5. The van der Waals surface area contributed by atoms with Crippen molar-refractivity contribution in [1.29, 1.82) is 0 Å². The van der Waals surface area contributed by atoms with E-state index in [1.165, 1.54) is 0 Å². The van der Waals surface area contributed by atoms with Crippen LogP contribution in [0.25, 0.3) is 5.82 Å². The van der Waals surface area contributed by atoms with Crippen LogP contribution in [0.4, 0.5) is 22.9 Å². The fraction of sp³-hybridized carbons (Fsp3) is 0.160. The Morgan fingerprint density at radius 3 is 2.51 bits per heavy atom. The van der Waals surface area contributed by atoms with Gasteiger partial charge in [0.25, 0.3) is 0 Å². The van der Waals surface area contributed by atoms with E-state index in [0.29, 0.717) is 34.7 Å². The molecule has 0 aliphatic carbocycles. The third-order valence-corrected chi connectivity index (χ3v) is 5.90. The number of carbonyl (C=O) groups is 2. The van der Waals surface area contributed by atoms with Gasteiger partial charge >= 0.3 is 0 Å². The average Bonchev–Trinajstić information content (AvgIpc) is 3.51. The number of nitrogens with one attached hydrogen (secondary N) is 2. The first kappa shape index (κ1) is 22.5. The normalized spacial score (nSPS) is 15.3. The lowest BCUT2D eigenvalue weighted by Gasteiger charge is -2.17. The summed E-state index contributed by atoms with van der Waals surface area (Å²) >= 11 is 5.93. The summed E-state index contributed by atoms with van der Waals surface area (Å²) < 4.78 is 1.81. The minimum atomic E-state index is -0.429. The fourth-order valence-electron chi connectivity index (χ4n) is 3.93. The molecule has 9 nitrogen and oxygen atoms in total. The summed E-state index contributed by atoms with van der Waals surface area (Å²) in [5.41, 5.74) is 2.19. The number of carbonyl (C=O) groups excluding carboxylic acids is 2. The highest BCUT2D eigenvalue weighted by molar-refractivity contribution is 6.30. The largest absolute Gasteiger partial charge is 0.340 e. The van der Waals surface area contributed by atoms with E-state index in [2.05, 4.69) is 25.6 Å². The monoisotopic (exact) mass is 487 g/mol. The molecule has 0 spiro atoms. The molecule has 2 amide bonds. The summed E-state index contributed by atoms with van der Waals surface area (Å²) in [5, 5.41) is 6.77. The molecule has 4 aromatic rings. The van der Waals surface area contributed by atoms with Crippen LogP contribution in [0.2, 0.25) is 5.02 Å². The number of rotatable bonds is 6. The summed E-state index contributed by atoms with van der Waals surface area (Å²) in [7, 11) is 0. The number of anilines is 4. The Morgan fingerprint density at radius 2 is 1.80 bits per heavy atom. The predicted octanol–water partition coefficient (Wildman–Crippen LogP) is 4.36. The van der Waals surface area contributed by atoms with Gasteiger partial charge in [-0.2, -0.15) is 0 Å². The SMILES string of the molecule is Cc1nc(Nc2ccc(NC(=O)[C@H]3CC(=O)N(c4ccc(Cl)cc4)C3)cc2)cc(-n2ccnc2)n1. The maximum Gasteiger partial charge on any atom is 0.229 e. The van der Waals surface area contributed by atoms with Gasteiger partial charge in [0.05, 0.1) is 5.92 Å². The Morgan fingerprint density at radius 1 is 1.06 bits per heavy atom. The molecule has 1 saturated heterocycles. The van der Waals surface area contributed by atoms with Crippen molar-refractivity contribution in [2.24, 2.45) is 5.92 Å². The molecule has 3 heterocycles. The van der Waals surface area contributed by atoms with Crippen molar-refractivity contribution in [3.63, 3.8) is 0 Å². The molecule has 0 radical (unpaired) electrons. The van der Waals surface area contributed by atoms with Gasteiger partial charge < -0.3 is 15.5 Å². The van der Waals surface area contributed by atoms with Gasteiger partial charge in [-0.15, -0.1) is 0 Å². The van der Waals surface area contributed by atoms with Crippen molar-refractivity contribution in [3.8, 4) is 5.82 Å². The Balaban J connectivity index is 1.22. The molecule has 10 heteroatoms. The third-order valence-electron chi connectivity index (χ3n) is 5.65. The molecule has 0 bridgehead atoms. The number of halogens is 1. The zero-order chi connectivity index (χ0) is 24.4. The van der Waals surface area contributed by atoms with E-state index in [1.54, 1.807) is 58.4 Å². The van der Waals surface area contributed by atoms with Gasteiger partial charge in [-0.25, -0.2) is 15.0 Å². The highest BCUT2D eigenvalue weighted by Crippen LogP contribution is 2.27. The third kappa shape index (κ3) is 5.15. The van der Waals surface area contributed by atoms with E-state index < -0.39 is 5.92 Å². The molecule has 1 aliphatic rings. The fourth-order valence-corrected chi connectivity index (χ4v) is 4.05. The molecule has 1 fully saturated rings. The maximum absolute atomic E-state index is 12.8. The molecule has 0 saturated carbocycles. The van der Waals surface area contributed by atoms with Crippen molar-refractivity contribution in [1.82, 2.24) is 19.5 Å². The molecule has 0 unspecified atom stereocenters. The van der Waals surface area contributed by atoms with Gasteiger partial charge in [0.15, 0.2) is 0 Å². The predicted molar refractivity (Wildman–Crippen MR) is 134 cm³/mol. The van der Waals surface area contributed by atoms with E-state index in [4.69, 9.17) is 11.6 Å². The van der Waals surface area contributed by atoms with Gasteiger partial charge in [0.2, 0.25) is 11.8 Å². The number of hydrogen-bond acceptors (Lipinski definition) is 6. The van der Waals surface area contributed by atoms with E-state index >= 15 is 0 Å². The van der Waals surface area contributed by atoms with Gasteiger partial charge in [-0.3, -0.25) is 14.2 Å². The second kappa shape index (κ2) is 9.55. The number of aromatic nitrogens is 4. The number of hydrogen-bond donors (Lipinski definition) is 2. The van der Waals surface area contributed by atoms with Crippen LogP contribution in [-0.2, 0) is 9.59 Å². The molecular weight excluding hydrogens is 466 g/mol. The number of amides is 2. The second-order valence-electron chi connectivity index (χ2n) is 8.20. The van der Waals surface area contributed by atoms with Gasteiger partial charge in [0, 0.05) is 53.5 Å². The van der Waals surface area contributed by atoms with Crippen LogP contribution in [0.5, 0.6) is 0 Å². The lowest BCUT2D eigenvalue weighted by Crippen LogP contribution is -2.28. The Labute approximate surface area is 206 Å². The molecule has 2 aromatic carbocycles. The van der Waals surface area contributed by atoms with Crippen LogP contribution in [-0.4, -0.2) is 37.9 Å². The molecule has 1 aliphatic heterocycles. The minimum Gasteiger partial charge on any atom is -0.340 e. The molecule has 35 heavy (non-hydrogen) atoms. The van der Waals surface area contributed by atoms with Crippen molar-refractivity contribution in [3.05, 3.63) is 84.2 Å². The summed E-state index contributed by atoms with van der Waals surface area (Å²) in [6, 6.07) is 16.2. The number of benzene rings is 2. The standard InChI is InChI=1S/C25H22ClN7O2/c1-16-28-22(13-23(29-16)32-11-10-27-15-32)30-19-4-6-20(7-5-19)31-25(35)17-12-24(34)33(14-17)21-8-2-18(26)3-9-21/h2-11,13,15,17H,12,14H2,1H3,(H,31,35)(H,28,29,30)/t17-/m0/s1. The topological polar surface area (TPSA) is 105 Å². The van der Waals surface area contributed by atoms with E-state index in [9.17, 15) is 9.59 Å². The smallest absolute Gasteiger partial charge is 0.229 e. The number of imidazole rings is 1. The zero-order valence-electron chi connectivity index (χ0n) is 18.9. The van der Waals surface area contributed by atoms with E-state index in [0.717, 1.165) is 11.4 Å². The summed E-state index contributed by atoms with van der Waals surface area (Å²) in [5.74, 6) is 1.28. The van der Waals surface area contributed by atoms with Crippen LogP contribution in [0.1, 0.15) is 12.2 Å². The first-order valence-corrected chi connectivity index (χ1v) is 11.4. The quantitative estimate of drug-likeness (QED) is 0.418. The minimum absolute atomic E-state index is 0.0813. The zero-order valence-corrected chi connectivity index (χ0v) is 19.6. The molecular formula is C25H22ClN7O2.